The van der Waals surface area contributed by atoms with Gasteiger partial charge in [-0.1, -0.05) is 48.5 Å². The van der Waals surface area contributed by atoms with Crippen LogP contribution in [0.2, 0.25) is 0 Å². The summed E-state index contributed by atoms with van der Waals surface area (Å²) in [5, 5.41) is 6.73. The second-order valence-electron chi connectivity index (χ2n) is 5.80. The van der Waals surface area contributed by atoms with Gasteiger partial charge >= 0.3 is 6.18 Å². The zero-order valence-corrected chi connectivity index (χ0v) is 15.2. The van der Waals surface area contributed by atoms with Crippen molar-refractivity contribution in [2.75, 3.05) is 5.32 Å². The van der Waals surface area contributed by atoms with E-state index in [1.165, 1.54) is 30.3 Å². The van der Waals surface area contributed by atoms with E-state index in [4.69, 9.17) is 0 Å². The molecule has 0 saturated carbocycles. The van der Waals surface area contributed by atoms with Gasteiger partial charge in [-0.2, -0.15) is 13.2 Å². The van der Waals surface area contributed by atoms with Crippen molar-refractivity contribution in [3.05, 3.63) is 88.1 Å². The van der Waals surface area contributed by atoms with E-state index in [2.05, 4.69) is 10.6 Å². The number of alkyl halides is 3. The highest BCUT2D eigenvalue weighted by atomic mass is 32.1. The number of Topliss-reactive ketones (excluding diaryl/α,β-unsaturated/α-hetero) is 1. The van der Waals surface area contributed by atoms with E-state index in [1.54, 1.807) is 35.7 Å². The molecule has 0 bridgehead atoms. The fourth-order valence-corrected chi connectivity index (χ4v) is 3.18. The van der Waals surface area contributed by atoms with Crippen molar-refractivity contribution in [2.24, 2.45) is 0 Å². The van der Waals surface area contributed by atoms with Crippen molar-refractivity contribution >= 4 is 28.7 Å². The summed E-state index contributed by atoms with van der Waals surface area (Å²) in [4.78, 5) is 25.6. The van der Waals surface area contributed by atoms with Crippen LogP contribution in [0.1, 0.15) is 25.6 Å². The summed E-state index contributed by atoms with van der Waals surface area (Å²) in [5.41, 5.74) is -0.960. The molecule has 4 nitrogen and oxygen atoms in total. The van der Waals surface area contributed by atoms with Gasteiger partial charge in [-0.3, -0.25) is 9.59 Å². The molecule has 2 aromatic carbocycles. The predicted molar refractivity (Wildman–Crippen MR) is 101 cm³/mol. The Morgan fingerprint density at radius 3 is 2.21 bits per heavy atom. The lowest BCUT2D eigenvalue weighted by molar-refractivity contribution is -0.137. The predicted octanol–water partition coefficient (Wildman–Crippen LogP) is 4.82. The highest BCUT2D eigenvalue weighted by Crippen LogP contribution is 2.34. The summed E-state index contributed by atoms with van der Waals surface area (Å²) in [6.07, 6.45) is -5.98. The van der Waals surface area contributed by atoms with Crippen LogP contribution in [0.3, 0.4) is 0 Å². The molecular weight excluding hydrogens is 389 g/mol. The fraction of sp³-hybridized carbons (Fsp3) is 0.100. The molecule has 2 N–H and O–H groups in total. The number of carbonyl (C=O) groups excluding carboxylic acids is 2. The number of hydrogen-bond donors (Lipinski definition) is 2. The Kier molecular flexibility index (Phi) is 5.79. The third-order valence-electron chi connectivity index (χ3n) is 3.87. The quantitative estimate of drug-likeness (QED) is 0.458. The van der Waals surface area contributed by atoms with E-state index in [-0.39, 0.29) is 11.3 Å². The number of amides is 1. The number of thiophene rings is 1. The maximum Gasteiger partial charge on any atom is 0.418 e. The van der Waals surface area contributed by atoms with Crippen LogP contribution < -0.4 is 10.6 Å². The molecule has 144 valence electrons. The van der Waals surface area contributed by atoms with Crippen molar-refractivity contribution in [3.63, 3.8) is 0 Å². The number of anilines is 1. The van der Waals surface area contributed by atoms with E-state index in [1.807, 2.05) is 0 Å². The standard InChI is InChI=1S/C20H15F3N2O2S/c21-20(22,23)14-9-4-5-10-15(14)24-18(17(26)13-7-2-1-3-8-13)25-19(27)16-11-6-12-28-16/h1-12,18,24H,(H,25,27)/t18-/m1/s1. The maximum atomic E-state index is 13.3. The van der Waals surface area contributed by atoms with Gasteiger partial charge < -0.3 is 10.6 Å². The first-order valence-corrected chi connectivity index (χ1v) is 9.10. The summed E-state index contributed by atoms with van der Waals surface area (Å²) in [7, 11) is 0. The molecule has 1 heterocycles. The minimum atomic E-state index is -4.61. The van der Waals surface area contributed by atoms with Crippen LogP contribution in [-0.4, -0.2) is 17.9 Å². The summed E-state index contributed by atoms with van der Waals surface area (Å²) < 4.78 is 39.9. The summed E-state index contributed by atoms with van der Waals surface area (Å²) in [6.45, 7) is 0. The molecular formula is C20H15F3N2O2S. The SMILES string of the molecule is O=C(N[C@@H](Nc1ccccc1C(F)(F)F)C(=O)c1ccccc1)c1cccs1. The van der Waals surface area contributed by atoms with Gasteiger partial charge in [0.1, 0.15) is 0 Å². The molecule has 0 radical (unpaired) electrons. The molecule has 3 aromatic rings. The van der Waals surface area contributed by atoms with Crippen molar-refractivity contribution < 1.29 is 22.8 Å². The first-order valence-electron chi connectivity index (χ1n) is 8.22. The van der Waals surface area contributed by atoms with Gasteiger partial charge in [0.05, 0.1) is 10.4 Å². The summed E-state index contributed by atoms with van der Waals surface area (Å²) in [6, 6.07) is 16.1. The number of rotatable bonds is 6. The lowest BCUT2D eigenvalue weighted by Gasteiger charge is -2.22. The Bertz CT molecular complexity index is 957. The largest absolute Gasteiger partial charge is 0.418 e. The first-order chi connectivity index (χ1) is 13.4. The van der Waals surface area contributed by atoms with E-state index < -0.39 is 29.6 Å². The van der Waals surface area contributed by atoms with Crippen molar-refractivity contribution in [1.29, 1.82) is 0 Å². The Hall–Kier alpha value is -3.13. The van der Waals surface area contributed by atoms with Crippen LogP contribution in [0.5, 0.6) is 0 Å². The molecule has 0 saturated heterocycles. The molecule has 0 fully saturated rings. The number of halogens is 3. The summed E-state index contributed by atoms with van der Waals surface area (Å²) in [5.74, 6) is -1.11. The number of benzene rings is 2. The maximum absolute atomic E-state index is 13.3. The normalized spacial score (nSPS) is 12.2. The molecule has 0 aliphatic rings. The number of ketones is 1. The average molecular weight is 404 g/mol. The van der Waals surface area contributed by atoms with Gasteiger partial charge in [-0.15, -0.1) is 11.3 Å². The van der Waals surface area contributed by atoms with Crippen LogP contribution in [-0.2, 0) is 6.18 Å². The average Bonchev–Trinajstić information content (AvgIpc) is 3.22. The van der Waals surface area contributed by atoms with E-state index in [0.29, 0.717) is 4.88 Å². The molecule has 0 spiro atoms. The summed E-state index contributed by atoms with van der Waals surface area (Å²) >= 11 is 1.16. The molecule has 1 aromatic heterocycles. The third kappa shape index (κ3) is 4.58. The molecule has 8 heteroatoms. The Labute approximate surface area is 163 Å². The van der Waals surface area contributed by atoms with Crippen LogP contribution in [0.15, 0.2) is 72.1 Å². The van der Waals surface area contributed by atoms with Gasteiger partial charge in [-0.05, 0) is 23.6 Å². The van der Waals surface area contributed by atoms with Gasteiger partial charge in [0.2, 0.25) is 5.78 Å². The van der Waals surface area contributed by atoms with Gasteiger partial charge in [0, 0.05) is 11.3 Å². The van der Waals surface area contributed by atoms with Gasteiger partial charge in [-0.25, -0.2) is 0 Å². The number of para-hydroxylation sites is 1. The fourth-order valence-electron chi connectivity index (χ4n) is 2.56. The lowest BCUT2D eigenvalue weighted by Crippen LogP contribution is -2.46. The number of hydrogen-bond acceptors (Lipinski definition) is 4. The highest BCUT2D eigenvalue weighted by molar-refractivity contribution is 7.12. The topological polar surface area (TPSA) is 58.2 Å². The molecule has 0 unspecified atom stereocenters. The van der Waals surface area contributed by atoms with Crippen molar-refractivity contribution in [3.8, 4) is 0 Å². The molecule has 28 heavy (non-hydrogen) atoms. The molecule has 1 atom stereocenters. The van der Waals surface area contributed by atoms with Crippen molar-refractivity contribution in [1.82, 2.24) is 5.32 Å². The number of nitrogens with one attached hydrogen (secondary N) is 2. The third-order valence-corrected chi connectivity index (χ3v) is 4.74. The molecule has 0 aliphatic carbocycles. The zero-order chi connectivity index (χ0) is 20.1. The minimum absolute atomic E-state index is 0.260. The first kappa shape index (κ1) is 19.6. The van der Waals surface area contributed by atoms with E-state index in [9.17, 15) is 22.8 Å². The highest BCUT2D eigenvalue weighted by Gasteiger charge is 2.34. The van der Waals surface area contributed by atoms with Gasteiger partial charge in [0.25, 0.3) is 5.91 Å². The van der Waals surface area contributed by atoms with E-state index >= 15 is 0 Å². The second kappa shape index (κ2) is 8.26. The molecule has 1 amide bonds. The molecule has 0 aliphatic heterocycles. The Balaban J connectivity index is 1.93. The monoisotopic (exact) mass is 404 g/mol. The van der Waals surface area contributed by atoms with Crippen molar-refractivity contribution in [2.45, 2.75) is 12.3 Å². The Morgan fingerprint density at radius 2 is 1.57 bits per heavy atom. The molecule has 3 rings (SSSR count). The van der Waals surface area contributed by atoms with Crippen LogP contribution in [0.4, 0.5) is 18.9 Å². The smallest absolute Gasteiger partial charge is 0.358 e. The van der Waals surface area contributed by atoms with E-state index in [0.717, 1.165) is 17.4 Å². The number of carbonyl (C=O) groups is 2. The van der Waals surface area contributed by atoms with Crippen LogP contribution in [0, 0.1) is 0 Å². The minimum Gasteiger partial charge on any atom is -0.358 e. The van der Waals surface area contributed by atoms with Crippen LogP contribution in [0.25, 0.3) is 0 Å². The van der Waals surface area contributed by atoms with Gasteiger partial charge in [0.15, 0.2) is 6.17 Å². The second-order valence-corrected chi connectivity index (χ2v) is 6.75. The zero-order valence-electron chi connectivity index (χ0n) is 14.4. The van der Waals surface area contributed by atoms with Crippen LogP contribution >= 0.6 is 11.3 Å². The Morgan fingerprint density at radius 1 is 0.893 bits per heavy atom. The lowest BCUT2D eigenvalue weighted by atomic mass is 10.1.